The molecule has 0 aliphatic carbocycles. The highest BCUT2D eigenvalue weighted by atomic mass is 16.5. The topological polar surface area (TPSA) is 75.5 Å². The van der Waals surface area contributed by atoms with E-state index in [1.807, 2.05) is 29.8 Å². The Kier molecular flexibility index (Phi) is 4.43. The van der Waals surface area contributed by atoms with Gasteiger partial charge in [-0.15, -0.1) is 0 Å². The minimum atomic E-state index is -0.397. The van der Waals surface area contributed by atoms with E-state index in [-0.39, 0.29) is 18.7 Å². The summed E-state index contributed by atoms with van der Waals surface area (Å²) in [6.07, 6.45) is 2.85. The molecule has 0 amide bonds. The minimum absolute atomic E-state index is 0.198. The van der Waals surface area contributed by atoms with Crippen LogP contribution in [0.2, 0.25) is 0 Å². The van der Waals surface area contributed by atoms with Gasteiger partial charge in [-0.1, -0.05) is 19.1 Å². The van der Waals surface area contributed by atoms with Crippen LogP contribution < -0.4 is 11.2 Å². The second kappa shape index (κ2) is 6.79. The summed E-state index contributed by atoms with van der Waals surface area (Å²) in [6, 6.07) is 8.25. The molecule has 0 N–H and O–H groups in total. The summed E-state index contributed by atoms with van der Waals surface area (Å²) >= 11 is 0. The zero-order chi connectivity index (χ0) is 20.0. The van der Waals surface area contributed by atoms with Crippen LogP contribution in [0.15, 0.2) is 40.1 Å². The van der Waals surface area contributed by atoms with E-state index in [9.17, 15) is 9.59 Å². The minimum Gasteiger partial charge on any atom is -0.383 e. The maximum atomic E-state index is 13.0. The molecular weight excluding hydrogens is 358 g/mol. The number of benzene rings is 1. The molecule has 28 heavy (non-hydrogen) atoms. The number of nitrogens with zero attached hydrogens (tertiary/aromatic N) is 5. The van der Waals surface area contributed by atoms with Crippen LogP contribution in [0.25, 0.3) is 22.6 Å². The summed E-state index contributed by atoms with van der Waals surface area (Å²) in [6.45, 7) is 4.57. The molecule has 0 atom stereocenters. The molecule has 4 rings (SSSR count). The molecule has 0 aliphatic rings. The Hall–Kier alpha value is -3.13. The molecule has 0 unspecified atom stereocenters. The Morgan fingerprint density at radius 1 is 1.14 bits per heavy atom. The average molecular weight is 381 g/mol. The lowest BCUT2D eigenvalue weighted by molar-refractivity contribution is 0.184. The summed E-state index contributed by atoms with van der Waals surface area (Å²) in [5.41, 5.74) is 3.17. The number of rotatable bonds is 5. The van der Waals surface area contributed by atoms with Crippen molar-refractivity contribution in [3.63, 3.8) is 0 Å². The second-order valence-electron chi connectivity index (χ2n) is 6.87. The van der Waals surface area contributed by atoms with Crippen LogP contribution in [-0.4, -0.2) is 36.8 Å². The van der Waals surface area contributed by atoms with Gasteiger partial charge in [0.2, 0.25) is 5.78 Å². The van der Waals surface area contributed by atoms with E-state index in [2.05, 4.69) is 24.0 Å². The smallest absolute Gasteiger partial charge is 0.332 e. The van der Waals surface area contributed by atoms with Crippen molar-refractivity contribution in [1.29, 1.82) is 0 Å². The number of hydrogen-bond donors (Lipinski definition) is 0. The molecule has 3 heterocycles. The first-order valence-corrected chi connectivity index (χ1v) is 9.26. The highest BCUT2D eigenvalue weighted by molar-refractivity contribution is 5.76. The highest BCUT2D eigenvalue weighted by Crippen LogP contribution is 2.21. The van der Waals surface area contributed by atoms with Crippen molar-refractivity contribution in [2.75, 3.05) is 13.7 Å². The predicted molar refractivity (Wildman–Crippen MR) is 108 cm³/mol. The Morgan fingerprint density at radius 2 is 1.86 bits per heavy atom. The van der Waals surface area contributed by atoms with Crippen LogP contribution >= 0.6 is 0 Å². The van der Waals surface area contributed by atoms with Crippen molar-refractivity contribution in [2.45, 2.75) is 26.8 Å². The molecule has 0 fully saturated rings. The van der Waals surface area contributed by atoms with Gasteiger partial charge in [0.05, 0.1) is 13.2 Å². The predicted octanol–water partition coefficient (Wildman–Crippen LogP) is 1.66. The lowest BCUT2D eigenvalue weighted by atomic mass is 10.1. The largest absolute Gasteiger partial charge is 0.383 e. The molecule has 3 aromatic heterocycles. The Bertz CT molecular complexity index is 1290. The molecule has 0 spiro atoms. The van der Waals surface area contributed by atoms with E-state index in [0.717, 1.165) is 17.8 Å². The van der Waals surface area contributed by atoms with Gasteiger partial charge in [0.25, 0.3) is 5.56 Å². The third kappa shape index (κ3) is 2.60. The third-order valence-electron chi connectivity index (χ3n) is 5.15. The van der Waals surface area contributed by atoms with E-state index in [1.165, 1.54) is 14.7 Å². The van der Waals surface area contributed by atoms with Crippen LogP contribution in [0.3, 0.4) is 0 Å². The molecule has 0 saturated carbocycles. The van der Waals surface area contributed by atoms with Gasteiger partial charge < -0.3 is 4.74 Å². The summed E-state index contributed by atoms with van der Waals surface area (Å²) in [7, 11) is 3.17. The zero-order valence-electron chi connectivity index (χ0n) is 16.5. The molecule has 4 aromatic rings. The second-order valence-corrected chi connectivity index (χ2v) is 6.87. The molecule has 0 radical (unpaired) electrons. The summed E-state index contributed by atoms with van der Waals surface area (Å²) in [4.78, 5) is 30.3. The first-order chi connectivity index (χ1) is 13.5. The molecule has 8 nitrogen and oxygen atoms in total. The van der Waals surface area contributed by atoms with Gasteiger partial charge >= 0.3 is 5.69 Å². The van der Waals surface area contributed by atoms with E-state index in [4.69, 9.17) is 4.74 Å². The first kappa shape index (κ1) is 18.2. The van der Waals surface area contributed by atoms with Gasteiger partial charge in [-0.2, -0.15) is 4.98 Å². The summed E-state index contributed by atoms with van der Waals surface area (Å²) in [5, 5.41) is 0. The molecule has 8 heteroatoms. The third-order valence-corrected chi connectivity index (χ3v) is 5.15. The van der Waals surface area contributed by atoms with Gasteiger partial charge in [-0.3, -0.25) is 22.9 Å². The normalized spacial score (nSPS) is 11.7. The molecule has 0 saturated heterocycles. The highest BCUT2D eigenvalue weighted by Gasteiger charge is 2.20. The SMILES string of the molecule is CCc1ccc(-n2c(C)cn3c4c(=O)n(CCOC)c(=O)n(C)c4nc23)cc1. The number of ether oxygens (including phenoxy) is 1. The summed E-state index contributed by atoms with van der Waals surface area (Å²) < 4.78 is 11.4. The van der Waals surface area contributed by atoms with Crippen molar-refractivity contribution in [1.82, 2.24) is 23.1 Å². The van der Waals surface area contributed by atoms with E-state index in [0.29, 0.717) is 16.9 Å². The van der Waals surface area contributed by atoms with Crippen molar-refractivity contribution in [3.8, 4) is 5.69 Å². The maximum absolute atomic E-state index is 13.0. The van der Waals surface area contributed by atoms with Crippen molar-refractivity contribution >= 4 is 16.9 Å². The molecule has 0 bridgehead atoms. The maximum Gasteiger partial charge on any atom is 0.332 e. The number of hydrogen-bond acceptors (Lipinski definition) is 4. The van der Waals surface area contributed by atoms with Gasteiger partial charge in [-0.25, -0.2) is 4.79 Å². The van der Waals surface area contributed by atoms with Crippen molar-refractivity contribution in [2.24, 2.45) is 7.05 Å². The zero-order valence-corrected chi connectivity index (χ0v) is 16.5. The molecule has 146 valence electrons. The number of aryl methyl sites for hydroxylation is 3. The first-order valence-electron chi connectivity index (χ1n) is 9.26. The van der Waals surface area contributed by atoms with Crippen molar-refractivity contribution < 1.29 is 4.74 Å². The van der Waals surface area contributed by atoms with Gasteiger partial charge in [0.15, 0.2) is 11.2 Å². The number of imidazole rings is 2. The monoisotopic (exact) mass is 381 g/mol. The fourth-order valence-electron chi connectivity index (χ4n) is 3.59. The Morgan fingerprint density at radius 3 is 2.50 bits per heavy atom. The molecule has 1 aromatic carbocycles. The van der Waals surface area contributed by atoms with Gasteiger partial charge in [0, 0.05) is 31.7 Å². The van der Waals surface area contributed by atoms with Crippen LogP contribution in [-0.2, 0) is 24.8 Å². The van der Waals surface area contributed by atoms with Crippen LogP contribution in [0.4, 0.5) is 0 Å². The Balaban J connectivity index is 2.03. The van der Waals surface area contributed by atoms with Crippen LogP contribution in [0, 0.1) is 6.92 Å². The van der Waals surface area contributed by atoms with E-state index >= 15 is 0 Å². The molecular formula is C20H23N5O3. The lowest BCUT2D eigenvalue weighted by Gasteiger charge is -2.07. The van der Waals surface area contributed by atoms with E-state index in [1.54, 1.807) is 18.6 Å². The van der Waals surface area contributed by atoms with E-state index < -0.39 is 5.69 Å². The number of fused-ring (bicyclic) bond motifs is 3. The molecule has 0 aliphatic heterocycles. The number of aromatic nitrogens is 5. The van der Waals surface area contributed by atoms with Crippen LogP contribution in [0.1, 0.15) is 18.2 Å². The average Bonchev–Trinajstić information content (AvgIpc) is 3.21. The lowest BCUT2D eigenvalue weighted by Crippen LogP contribution is -2.40. The summed E-state index contributed by atoms with van der Waals surface area (Å²) in [5.74, 6) is 0.605. The Labute approximate surface area is 161 Å². The fraction of sp³-hybridized carbons (Fsp3) is 0.350. The standard InChI is InChI=1S/C20H23N5O3/c1-5-14-6-8-15(9-7-14)25-13(2)12-24-16-17(21-19(24)25)22(3)20(27)23(18(16)26)10-11-28-4/h6-9,12H,5,10-11H2,1-4H3. The van der Waals surface area contributed by atoms with Gasteiger partial charge in [0.1, 0.15) is 0 Å². The quantitative estimate of drug-likeness (QED) is 0.527. The number of methoxy groups -OCH3 is 1. The van der Waals surface area contributed by atoms with Gasteiger partial charge in [-0.05, 0) is 31.0 Å². The van der Waals surface area contributed by atoms with Crippen LogP contribution in [0.5, 0.6) is 0 Å². The van der Waals surface area contributed by atoms with Crippen molar-refractivity contribution in [3.05, 3.63) is 62.6 Å². The fourth-order valence-corrected chi connectivity index (χ4v) is 3.59.